The van der Waals surface area contributed by atoms with Gasteiger partial charge in [-0.25, -0.2) is 4.39 Å². The van der Waals surface area contributed by atoms with E-state index in [2.05, 4.69) is 15.9 Å². The fraction of sp³-hybridized carbons (Fsp3) is 0.120. The van der Waals surface area contributed by atoms with Crippen LogP contribution in [0, 0.1) is 5.82 Å². The molecular weight excluding hydrogens is 461 g/mol. The Morgan fingerprint density at radius 2 is 1.58 bits per heavy atom. The molecule has 1 fully saturated rings. The highest BCUT2D eigenvalue weighted by molar-refractivity contribution is 9.10. The summed E-state index contributed by atoms with van der Waals surface area (Å²) in [7, 11) is 0. The van der Waals surface area contributed by atoms with Crippen LogP contribution in [-0.2, 0) is 16.0 Å². The van der Waals surface area contributed by atoms with Gasteiger partial charge in [0.05, 0.1) is 11.6 Å². The van der Waals surface area contributed by atoms with Gasteiger partial charge < -0.3 is 10.0 Å². The van der Waals surface area contributed by atoms with Gasteiger partial charge in [0, 0.05) is 22.1 Å². The van der Waals surface area contributed by atoms with Crippen molar-refractivity contribution in [1.82, 2.24) is 4.90 Å². The van der Waals surface area contributed by atoms with Gasteiger partial charge in [-0.2, -0.15) is 0 Å². The molecular formula is C25H19BrFNO3. The number of likely N-dealkylation sites (tertiary alicyclic amines) is 1. The van der Waals surface area contributed by atoms with Crippen LogP contribution in [0.1, 0.15) is 22.7 Å². The maximum atomic E-state index is 14.8. The fourth-order valence-corrected chi connectivity index (χ4v) is 4.05. The van der Waals surface area contributed by atoms with Crippen LogP contribution < -0.4 is 0 Å². The second-order valence-corrected chi connectivity index (χ2v) is 8.17. The zero-order valence-electron chi connectivity index (χ0n) is 16.5. The third-order valence-corrected chi connectivity index (χ3v) is 5.87. The molecule has 1 aliphatic rings. The third kappa shape index (κ3) is 4.16. The summed E-state index contributed by atoms with van der Waals surface area (Å²) in [6.07, 6.45) is 0.497. The number of nitrogens with zero attached hydrogens (tertiary/aromatic N) is 1. The number of aliphatic hydroxyl groups is 1. The van der Waals surface area contributed by atoms with E-state index in [1.165, 1.54) is 17.0 Å². The molecule has 1 amide bonds. The van der Waals surface area contributed by atoms with Crippen LogP contribution in [0.15, 0.2) is 88.9 Å². The van der Waals surface area contributed by atoms with Crippen LogP contribution in [0.2, 0.25) is 0 Å². The minimum atomic E-state index is -1.01. The summed E-state index contributed by atoms with van der Waals surface area (Å²) in [5.41, 5.74) is 1.44. The summed E-state index contributed by atoms with van der Waals surface area (Å²) in [4.78, 5) is 27.2. The summed E-state index contributed by atoms with van der Waals surface area (Å²) in [5, 5.41) is 11.0. The number of hydrogen-bond donors (Lipinski definition) is 1. The van der Waals surface area contributed by atoms with Crippen molar-refractivity contribution in [3.8, 4) is 0 Å². The fourth-order valence-electron chi connectivity index (χ4n) is 3.79. The molecule has 1 heterocycles. The predicted molar refractivity (Wildman–Crippen MR) is 120 cm³/mol. The van der Waals surface area contributed by atoms with Gasteiger partial charge in [-0.05, 0) is 30.2 Å². The van der Waals surface area contributed by atoms with Crippen molar-refractivity contribution < 1.29 is 19.1 Å². The molecule has 0 aromatic heterocycles. The quantitative estimate of drug-likeness (QED) is 0.308. The number of ketones is 1. The molecule has 3 aromatic rings. The number of hydrogen-bond acceptors (Lipinski definition) is 3. The zero-order chi connectivity index (χ0) is 22.0. The highest BCUT2D eigenvalue weighted by Crippen LogP contribution is 2.40. The lowest BCUT2D eigenvalue weighted by Crippen LogP contribution is -2.32. The van der Waals surface area contributed by atoms with Gasteiger partial charge in [-0.3, -0.25) is 9.59 Å². The van der Waals surface area contributed by atoms with Gasteiger partial charge in [0.1, 0.15) is 11.6 Å². The maximum absolute atomic E-state index is 14.8. The third-order valence-electron chi connectivity index (χ3n) is 5.34. The normalized spacial score (nSPS) is 17.9. The van der Waals surface area contributed by atoms with E-state index in [4.69, 9.17) is 0 Å². The summed E-state index contributed by atoms with van der Waals surface area (Å²) < 4.78 is 15.6. The molecule has 0 spiro atoms. The Hall–Kier alpha value is -3.25. The standard InChI is InChI=1S/C25H19BrFNO3/c26-18-12-10-17(11-13-18)23(29)21-22(19-8-4-5-9-20(19)27)28(25(31)24(21)30)15-14-16-6-2-1-3-7-16/h1-13,22,29H,14-15H2/t22-/m0/s1. The van der Waals surface area contributed by atoms with Gasteiger partial charge in [-0.1, -0.05) is 76.6 Å². The Labute approximate surface area is 187 Å². The number of rotatable bonds is 5. The Morgan fingerprint density at radius 3 is 2.26 bits per heavy atom. The molecule has 6 heteroatoms. The lowest BCUT2D eigenvalue weighted by molar-refractivity contribution is -0.139. The lowest BCUT2D eigenvalue weighted by atomic mass is 9.95. The molecule has 1 N–H and O–H groups in total. The predicted octanol–water partition coefficient (Wildman–Crippen LogP) is 5.25. The summed E-state index contributed by atoms with van der Waals surface area (Å²) in [6, 6.07) is 21.3. The van der Waals surface area contributed by atoms with Crippen molar-refractivity contribution in [3.63, 3.8) is 0 Å². The van der Waals surface area contributed by atoms with Gasteiger partial charge in [0.15, 0.2) is 0 Å². The Morgan fingerprint density at radius 1 is 0.935 bits per heavy atom. The molecule has 1 atom stereocenters. The average molecular weight is 480 g/mol. The van der Waals surface area contributed by atoms with Crippen molar-refractivity contribution in [2.24, 2.45) is 0 Å². The number of benzene rings is 3. The first-order valence-electron chi connectivity index (χ1n) is 9.80. The van der Waals surface area contributed by atoms with Crippen LogP contribution in [0.5, 0.6) is 0 Å². The number of amides is 1. The van der Waals surface area contributed by atoms with Crippen LogP contribution in [0.3, 0.4) is 0 Å². The first-order chi connectivity index (χ1) is 15.0. The van der Waals surface area contributed by atoms with Crippen LogP contribution in [0.25, 0.3) is 5.76 Å². The van der Waals surface area contributed by atoms with Crippen molar-refractivity contribution in [2.75, 3.05) is 6.54 Å². The molecule has 1 saturated heterocycles. The van der Waals surface area contributed by atoms with E-state index in [1.807, 2.05) is 30.3 Å². The Kier molecular flexibility index (Phi) is 6.00. The first-order valence-corrected chi connectivity index (χ1v) is 10.6. The Bertz CT molecular complexity index is 1160. The first kappa shape index (κ1) is 21.0. The second kappa shape index (κ2) is 8.86. The van der Waals surface area contributed by atoms with Gasteiger partial charge in [0.25, 0.3) is 11.7 Å². The average Bonchev–Trinajstić information content (AvgIpc) is 3.03. The molecule has 0 radical (unpaired) electrons. The minimum Gasteiger partial charge on any atom is -0.507 e. The molecule has 156 valence electrons. The topological polar surface area (TPSA) is 57.6 Å². The van der Waals surface area contributed by atoms with Crippen molar-refractivity contribution in [2.45, 2.75) is 12.5 Å². The summed E-state index contributed by atoms with van der Waals surface area (Å²) in [5.74, 6) is -2.42. The Balaban J connectivity index is 1.80. The highest BCUT2D eigenvalue weighted by atomic mass is 79.9. The monoisotopic (exact) mass is 479 g/mol. The van der Waals surface area contributed by atoms with Gasteiger partial charge in [-0.15, -0.1) is 0 Å². The number of halogens is 2. The van der Waals surface area contributed by atoms with E-state index in [-0.39, 0.29) is 23.4 Å². The van der Waals surface area contributed by atoms with Crippen molar-refractivity contribution in [3.05, 3.63) is 111 Å². The molecule has 0 unspecified atom stereocenters. The summed E-state index contributed by atoms with van der Waals surface area (Å²) in [6.45, 7) is 0.213. The maximum Gasteiger partial charge on any atom is 0.295 e. The van der Waals surface area contributed by atoms with Crippen LogP contribution in [0.4, 0.5) is 4.39 Å². The zero-order valence-corrected chi connectivity index (χ0v) is 18.0. The van der Waals surface area contributed by atoms with E-state index in [1.54, 1.807) is 36.4 Å². The largest absolute Gasteiger partial charge is 0.507 e. The molecule has 4 rings (SSSR count). The van der Waals surface area contributed by atoms with Crippen LogP contribution >= 0.6 is 15.9 Å². The van der Waals surface area contributed by atoms with E-state index < -0.39 is 23.5 Å². The van der Waals surface area contributed by atoms with E-state index >= 15 is 0 Å². The molecule has 3 aromatic carbocycles. The van der Waals surface area contributed by atoms with Crippen molar-refractivity contribution in [1.29, 1.82) is 0 Å². The molecule has 0 bridgehead atoms. The lowest BCUT2D eigenvalue weighted by Gasteiger charge is -2.25. The minimum absolute atomic E-state index is 0.106. The van der Waals surface area contributed by atoms with Crippen molar-refractivity contribution >= 4 is 33.4 Å². The van der Waals surface area contributed by atoms with E-state index in [9.17, 15) is 19.1 Å². The van der Waals surface area contributed by atoms with Gasteiger partial charge >= 0.3 is 0 Å². The number of aliphatic hydroxyl groups excluding tert-OH is 1. The van der Waals surface area contributed by atoms with Gasteiger partial charge in [0.2, 0.25) is 0 Å². The molecule has 31 heavy (non-hydrogen) atoms. The molecule has 0 aliphatic carbocycles. The molecule has 1 aliphatic heterocycles. The number of carbonyl (C=O) groups excluding carboxylic acids is 2. The smallest absolute Gasteiger partial charge is 0.295 e. The van der Waals surface area contributed by atoms with E-state index in [0.29, 0.717) is 12.0 Å². The summed E-state index contributed by atoms with van der Waals surface area (Å²) >= 11 is 3.33. The molecule has 0 saturated carbocycles. The van der Waals surface area contributed by atoms with E-state index in [0.717, 1.165) is 10.0 Å². The van der Waals surface area contributed by atoms with Crippen LogP contribution in [-0.4, -0.2) is 28.2 Å². The SMILES string of the molecule is O=C1C(=O)N(CCc2ccccc2)[C@@H](c2ccccc2F)C1=C(O)c1ccc(Br)cc1. The number of carbonyl (C=O) groups is 2. The number of Topliss-reactive ketones (excluding diaryl/α,β-unsaturated/α-hetero) is 1. The molecule has 4 nitrogen and oxygen atoms in total. The second-order valence-electron chi connectivity index (χ2n) is 7.26. The highest BCUT2D eigenvalue weighted by Gasteiger charge is 2.46.